The Morgan fingerprint density at radius 2 is 2.10 bits per heavy atom. The van der Waals surface area contributed by atoms with Crippen molar-refractivity contribution in [1.82, 2.24) is 0 Å². The average Bonchev–Trinajstić information content (AvgIpc) is 2.24. The molecule has 1 amide bonds. The van der Waals surface area contributed by atoms with Crippen molar-refractivity contribution >= 4 is 23.4 Å². The molecular weight excluding hydrogens is 276 g/mol. The van der Waals surface area contributed by atoms with Crippen LogP contribution in [-0.4, -0.2) is 17.7 Å². The quantitative estimate of drug-likeness (QED) is 0.884. The zero-order valence-corrected chi connectivity index (χ0v) is 13.3. The summed E-state index contributed by atoms with van der Waals surface area (Å²) >= 11 is 6.20. The van der Waals surface area contributed by atoms with Gasteiger partial charge in [0.05, 0.1) is 0 Å². The summed E-state index contributed by atoms with van der Waals surface area (Å²) in [5.74, 6) is 0. The van der Waals surface area contributed by atoms with Gasteiger partial charge in [0.15, 0.2) is 0 Å². The Morgan fingerprint density at radius 3 is 2.60 bits per heavy atom. The molecule has 0 aliphatic rings. The zero-order chi connectivity index (χ0) is 15.3. The van der Waals surface area contributed by atoms with Crippen molar-refractivity contribution in [1.29, 1.82) is 0 Å². The first-order valence-electron chi connectivity index (χ1n) is 6.71. The largest absolute Gasteiger partial charge is 0.444 e. The summed E-state index contributed by atoms with van der Waals surface area (Å²) in [6.45, 7) is 7.41. The standard InChI is InChI=1S/C15H23ClN2O2/c1-10(17)5-6-11-7-8-12(9-13(11)16)18-14(19)20-15(2,3)4/h7-10H,5-6,17H2,1-4H3,(H,18,19)/t10-/m1/s1. The second kappa shape index (κ2) is 6.95. The summed E-state index contributed by atoms with van der Waals surface area (Å²) in [4.78, 5) is 11.6. The molecule has 20 heavy (non-hydrogen) atoms. The van der Waals surface area contributed by atoms with Crippen molar-refractivity contribution in [2.45, 2.75) is 52.2 Å². The number of amides is 1. The van der Waals surface area contributed by atoms with E-state index in [-0.39, 0.29) is 6.04 Å². The second-order valence-electron chi connectivity index (χ2n) is 5.95. The van der Waals surface area contributed by atoms with Crippen molar-refractivity contribution < 1.29 is 9.53 Å². The molecule has 0 bridgehead atoms. The predicted octanol–water partition coefficient (Wildman–Crippen LogP) is 3.97. The summed E-state index contributed by atoms with van der Waals surface area (Å²) in [6.07, 6.45) is 1.21. The van der Waals surface area contributed by atoms with Crippen LogP contribution in [0.5, 0.6) is 0 Å². The van der Waals surface area contributed by atoms with Crippen LogP contribution in [0.1, 0.15) is 39.7 Å². The van der Waals surface area contributed by atoms with Gasteiger partial charge < -0.3 is 10.5 Å². The lowest BCUT2D eigenvalue weighted by Crippen LogP contribution is -2.27. The number of nitrogens with one attached hydrogen (secondary N) is 1. The van der Waals surface area contributed by atoms with E-state index in [9.17, 15) is 4.79 Å². The van der Waals surface area contributed by atoms with Gasteiger partial charge in [-0.05, 0) is 58.2 Å². The number of hydrogen-bond donors (Lipinski definition) is 2. The molecule has 0 radical (unpaired) electrons. The molecule has 4 nitrogen and oxygen atoms in total. The highest BCUT2D eigenvalue weighted by Gasteiger charge is 2.16. The molecule has 0 saturated carbocycles. The third kappa shape index (κ3) is 6.26. The molecule has 112 valence electrons. The first-order chi connectivity index (χ1) is 9.17. The first-order valence-corrected chi connectivity index (χ1v) is 7.09. The Bertz CT molecular complexity index is 467. The number of hydrogen-bond acceptors (Lipinski definition) is 3. The van der Waals surface area contributed by atoms with Gasteiger partial charge in [-0.25, -0.2) is 4.79 Å². The van der Waals surface area contributed by atoms with Gasteiger partial charge in [0.1, 0.15) is 5.60 Å². The average molecular weight is 299 g/mol. The van der Waals surface area contributed by atoms with Crippen molar-refractivity contribution in [3.8, 4) is 0 Å². The van der Waals surface area contributed by atoms with Crippen LogP contribution in [0, 0.1) is 0 Å². The van der Waals surface area contributed by atoms with E-state index in [4.69, 9.17) is 22.1 Å². The van der Waals surface area contributed by atoms with Gasteiger partial charge >= 0.3 is 6.09 Å². The lowest BCUT2D eigenvalue weighted by atomic mass is 10.1. The van der Waals surface area contributed by atoms with E-state index in [2.05, 4.69) is 5.32 Å². The highest BCUT2D eigenvalue weighted by Crippen LogP contribution is 2.23. The van der Waals surface area contributed by atoms with Gasteiger partial charge in [0, 0.05) is 16.8 Å². The molecule has 3 N–H and O–H groups in total. The monoisotopic (exact) mass is 298 g/mol. The number of carbonyl (C=O) groups excluding carboxylic acids is 1. The van der Waals surface area contributed by atoms with Gasteiger partial charge in [0.25, 0.3) is 0 Å². The van der Waals surface area contributed by atoms with Crippen LogP contribution in [0.25, 0.3) is 0 Å². The van der Waals surface area contributed by atoms with Crippen LogP contribution in [-0.2, 0) is 11.2 Å². The van der Waals surface area contributed by atoms with E-state index in [0.29, 0.717) is 10.7 Å². The zero-order valence-electron chi connectivity index (χ0n) is 12.5. The van der Waals surface area contributed by atoms with E-state index < -0.39 is 11.7 Å². The van der Waals surface area contributed by atoms with Crippen molar-refractivity contribution in [3.63, 3.8) is 0 Å². The Morgan fingerprint density at radius 1 is 1.45 bits per heavy atom. The third-order valence-corrected chi connectivity index (χ3v) is 2.92. The molecule has 0 aliphatic heterocycles. The predicted molar refractivity (Wildman–Crippen MR) is 83.3 cm³/mol. The minimum absolute atomic E-state index is 0.144. The third-order valence-electron chi connectivity index (χ3n) is 2.57. The van der Waals surface area contributed by atoms with Crippen LogP contribution in [0.15, 0.2) is 18.2 Å². The van der Waals surface area contributed by atoms with E-state index in [0.717, 1.165) is 18.4 Å². The molecule has 0 fully saturated rings. The molecule has 0 saturated heterocycles. The Balaban J connectivity index is 2.65. The summed E-state index contributed by atoms with van der Waals surface area (Å²) in [5.41, 5.74) is 6.85. The molecule has 1 aromatic rings. The van der Waals surface area contributed by atoms with E-state index in [1.165, 1.54) is 0 Å². The minimum Gasteiger partial charge on any atom is -0.444 e. The summed E-state index contributed by atoms with van der Waals surface area (Å²) < 4.78 is 5.18. The van der Waals surface area contributed by atoms with Gasteiger partial charge in [-0.1, -0.05) is 17.7 Å². The molecule has 0 unspecified atom stereocenters. The topological polar surface area (TPSA) is 64.3 Å². The smallest absolute Gasteiger partial charge is 0.412 e. The number of halogens is 1. The van der Waals surface area contributed by atoms with Crippen molar-refractivity contribution in [2.75, 3.05) is 5.32 Å². The Hall–Kier alpha value is -1.26. The molecule has 1 aromatic carbocycles. The Labute approximate surface area is 125 Å². The molecule has 0 spiro atoms. The number of benzene rings is 1. The fourth-order valence-electron chi connectivity index (χ4n) is 1.63. The highest BCUT2D eigenvalue weighted by atomic mass is 35.5. The number of aryl methyl sites for hydroxylation is 1. The minimum atomic E-state index is -0.523. The maximum atomic E-state index is 11.6. The van der Waals surface area contributed by atoms with Gasteiger partial charge in [0.2, 0.25) is 0 Å². The van der Waals surface area contributed by atoms with Crippen LogP contribution >= 0.6 is 11.6 Å². The van der Waals surface area contributed by atoms with Gasteiger partial charge in [-0.2, -0.15) is 0 Å². The van der Waals surface area contributed by atoms with E-state index >= 15 is 0 Å². The molecule has 0 aromatic heterocycles. The molecule has 5 heteroatoms. The van der Waals surface area contributed by atoms with Crippen LogP contribution in [0.4, 0.5) is 10.5 Å². The summed E-state index contributed by atoms with van der Waals surface area (Å²) in [7, 11) is 0. The molecule has 0 aliphatic carbocycles. The van der Waals surface area contributed by atoms with E-state index in [1.54, 1.807) is 6.07 Å². The van der Waals surface area contributed by atoms with E-state index in [1.807, 2.05) is 39.8 Å². The molecule has 1 rings (SSSR count). The van der Waals surface area contributed by atoms with Crippen LogP contribution in [0.3, 0.4) is 0 Å². The lowest BCUT2D eigenvalue weighted by Gasteiger charge is -2.19. The Kier molecular flexibility index (Phi) is 5.84. The summed E-state index contributed by atoms with van der Waals surface area (Å²) in [5, 5.41) is 3.29. The maximum absolute atomic E-state index is 11.6. The van der Waals surface area contributed by atoms with Crippen LogP contribution in [0.2, 0.25) is 5.02 Å². The number of anilines is 1. The first kappa shape index (κ1) is 16.8. The molecule has 1 atom stereocenters. The number of rotatable bonds is 4. The number of carbonyl (C=O) groups is 1. The van der Waals surface area contributed by atoms with Gasteiger partial charge in [-0.3, -0.25) is 5.32 Å². The number of ether oxygens (including phenoxy) is 1. The number of nitrogens with two attached hydrogens (primary N) is 1. The fraction of sp³-hybridized carbons (Fsp3) is 0.533. The second-order valence-corrected chi connectivity index (χ2v) is 6.36. The fourth-order valence-corrected chi connectivity index (χ4v) is 1.91. The van der Waals surface area contributed by atoms with Crippen molar-refractivity contribution in [2.24, 2.45) is 5.73 Å². The summed E-state index contributed by atoms with van der Waals surface area (Å²) in [6, 6.07) is 5.58. The lowest BCUT2D eigenvalue weighted by molar-refractivity contribution is 0.0636. The SMILES string of the molecule is C[C@@H](N)CCc1ccc(NC(=O)OC(C)(C)C)cc1Cl. The maximum Gasteiger partial charge on any atom is 0.412 e. The van der Waals surface area contributed by atoms with Crippen LogP contribution < -0.4 is 11.1 Å². The molecular formula is C15H23ClN2O2. The van der Waals surface area contributed by atoms with Crippen molar-refractivity contribution in [3.05, 3.63) is 28.8 Å². The highest BCUT2D eigenvalue weighted by molar-refractivity contribution is 6.31. The van der Waals surface area contributed by atoms with Gasteiger partial charge in [-0.15, -0.1) is 0 Å². The normalized spacial score (nSPS) is 12.9. The molecule has 0 heterocycles.